The second-order valence-electron chi connectivity index (χ2n) is 3.16. The predicted octanol–water partition coefficient (Wildman–Crippen LogP) is 3.48. The molecule has 1 rings (SSSR count). The number of oxime groups is 1. The zero-order chi connectivity index (χ0) is 14.8. The topological polar surface area (TPSA) is 55.7 Å². The minimum Gasteiger partial charge on any atom is -0.268 e. The van der Waals surface area contributed by atoms with Gasteiger partial charge in [-0.05, 0) is 22.2 Å². The van der Waals surface area contributed by atoms with Crippen LogP contribution in [-0.2, 0) is 14.4 Å². The molecule has 0 aromatic carbocycles. The fraction of sp³-hybridized carbons (Fsp3) is 0.375. The lowest BCUT2D eigenvalue weighted by Gasteiger charge is -2.09. The number of nitrogens with zero attached hydrogens (tertiary/aromatic N) is 1. The molecule has 0 N–H and O–H groups in total. The van der Waals surface area contributed by atoms with Gasteiger partial charge >= 0.3 is 16.3 Å². The van der Waals surface area contributed by atoms with Crippen LogP contribution in [-0.4, -0.2) is 32.8 Å². The lowest BCUT2D eigenvalue weighted by atomic mass is 10.3. The molecule has 0 aliphatic heterocycles. The first-order valence-electron chi connectivity index (χ1n) is 4.41. The van der Waals surface area contributed by atoms with Crippen LogP contribution in [0, 0.1) is 0 Å². The van der Waals surface area contributed by atoms with E-state index >= 15 is 0 Å². The fourth-order valence-electron chi connectivity index (χ4n) is 1.01. The molecule has 108 valence electrons. The van der Waals surface area contributed by atoms with Gasteiger partial charge in [-0.25, -0.2) is 0 Å². The first-order chi connectivity index (χ1) is 8.56. The van der Waals surface area contributed by atoms with Crippen LogP contribution in [0.15, 0.2) is 19.9 Å². The molecule has 0 spiro atoms. The Hall–Kier alpha value is -0.260. The van der Waals surface area contributed by atoms with Gasteiger partial charge in [0.25, 0.3) is 0 Å². The summed E-state index contributed by atoms with van der Waals surface area (Å²) >= 11 is 4.99. The van der Waals surface area contributed by atoms with Crippen molar-refractivity contribution in [1.29, 1.82) is 0 Å². The average Bonchev–Trinajstić information content (AvgIpc) is 2.56. The van der Waals surface area contributed by atoms with E-state index < -0.39 is 22.0 Å². The first kappa shape index (κ1) is 16.8. The Morgan fingerprint density at radius 3 is 2.53 bits per heavy atom. The number of thiophene rings is 1. The van der Waals surface area contributed by atoms with Crippen LogP contribution in [0.2, 0.25) is 0 Å². The van der Waals surface area contributed by atoms with E-state index in [1.807, 2.05) is 0 Å². The summed E-state index contributed by atoms with van der Waals surface area (Å²) in [6, 6.07) is 0. The number of thioether (sulfide) groups is 1. The van der Waals surface area contributed by atoms with Crippen LogP contribution in [0.4, 0.5) is 13.2 Å². The molecule has 0 unspecified atom stereocenters. The van der Waals surface area contributed by atoms with Gasteiger partial charge in [-0.3, -0.25) is 4.28 Å². The highest BCUT2D eigenvalue weighted by atomic mass is 79.9. The van der Waals surface area contributed by atoms with Crippen molar-refractivity contribution in [1.82, 2.24) is 0 Å². The maximum Gasteiger partial charge on any atom is 0.438 e. The highest BCUT2D eigenvalue weighted by Gasteiger charge is 2.40. The minimum atomic E-state index is -4.82. The molecule has 0 aliphatic carbocycles. The number of hydrogen-bond donors (Lipinski definition) is 0. The molecule has 0 saturated carbocycles. The van der Waals surface area contributed by atoms with Crippen molar-refractivity contribution in [2.24, 2.45) is 5.16 Å². The largest absolute Gasteiger partial charge is 0.438 e. The minimum absolute atomic E-state index is 0.199. The lowest BCUT2D eigenvalue weighted by Crippen LogP contribution is -2.24. The van der Waals surface area contributed by atoms with Crippen molar-refractivity contribution in [3.05, 3.63) is 14.7 Å². The van der Waals surface area contributed by atoms with E-state index in [0.29, 0.717) is 15.6 Å². The molecule has 0 atom stereocenters. The molecule has 0 saturated heterocycles. The molecule has 0 bridgehead atoms. The van der Waals surface area contributed by atoms with Crippen LogP contribution < -0.4 is 0 Å². The van der Waals surface area contributed by atoms with Gasteiger partial charge in [0.2, 0.25) is 5.71 Å². The fourth-order valence-corrected chi connectivity index (χ4v) is 4.14. The normalized spacial score (nSPS) is 13.7. The summed E-state index contributed by atoms with van der Waals surface area (Å²) < 4.78 is 64.5. The standard InChI is InChI=1S/C8H7BrF3NO3S3/c1-17-5-4(9)3-18-6(5)7(8(10,11)12)13-16-19(2,14)15/h3H,1-2H3. The van der Waals surface area contributed by atoms with E-state index in [-0.39, 0.29) is 4.88 Å². The first-order valence-corrected chi connectivity index (χ1v) is 9.13. The smallest absolute Gasteiger partial charge is 0.268 e. The van der Waals surface area contributed by atoms with Gasteiger partial charge in [0.1, 0.15) is 0 Å². The molecule has 0 fully saturated rings. The molecular formula is C8H7BrF3NO3S3. The van der Waals surface area contributed by atoms with Gasteiger partial charge < -0.3 is 0 Å². The Morgan fingerprint density at radius 1 is 1.53 bits per heavy atom. The zero-order valence-electron chi connectivity index (χ0n) is 9.49. The summed E-state index contributed by atoms with van der Waals surface area (Å²) in [7, 11) is -4.10. The molecule has 1 aromatic rings. The Morgan fingerprint density at radius 2 is 2.11 bits per heavy atom. The molecular weight excluding hydrogens is 391 g/mol. The third-order valence-corrected chi connectivity index (χ3v) is 5.14. The molecule has 19 heavy (non-hydrogen) atoms. The summed E-state index contributed by atoms with van der Waals surface area (Å²) in [5.74, 6) is 0. The second-order valence-corrected chi connectivity index (χ2v) is 7.27. The van der Waals surface area contributed by atoms with E-state index in [2.05, 4.69) is 25.4 Å². The maximum atomic E-state index is 12.9. The van der Waals surface area contributed by atoms with Gasteiger partial charge in [-0.15, -0.1) is 23.1 Å². The Balaban J connectivity index is 3.33. The van der Waals surface area contributed by atoms with Gasteiger partial charge in [0.05, 0.1) is 11.1 Å². The number of hydrogen-bond acceptors (Lipinski definition) is 6. The van der Waals surface area contributed by atoms with Gasteiger partial charge in [-0.2, -0.15) is 21.6 Å². The van der Waals surface area contributed by atoms with Crippen LogP contribution in [0.25, 0.3) is 0 Å². The maximum absolute atomic E-state index is 12.9. The quantitative estimate of drug-likeness (QED) is 0.443. The number of rotatable bonds is 4. The number of halogens is 4. The van der Waals surface area contributed by atoms with Crippen molar-refractivity contribution in [3.8, 4) is 0 Å². The molecule has 0 radical (unpaired) electrons. The summed E-state index contributed by atoms with van der Waals surface area (Å²) in [4.78, 5) is 0.119. The molecule has 0 aliphatic rings. The van der Waals surface area contributed by atoms with E-state index in [9.17, 15) is 21.6 Å². The summed E-state index contributed by atoms with van der Waals surface area (Å²) in [6.07, 6.45) is -2.61. The molecule has 1 aromatic heterocycles. The van der Waals surface area contributed by atoms with Gasteiger partial charge in [-0.1, -0.05) is 5.16 Å². The van der Waals surface area contributed by atoms with Crippen LogP contribution in [0.3, 0.4) is 0 Å². The zero-order valence-corrected chi connectivity index (χ0v) is 13.5. The third-order valence-electron chi connectivity index (χ3n) is 1.66. The highest BCUT2D eigenvalue weighted by Crippen LogP contribution is 2.38. The van der Waals surface area contributed by atoms with E-state index in [0.717, 1.165) is 23.1 Å². The molecule has 11 heteroatoms. The summed E-state index contributed by atoms with van der Waals surface area (Å²) in [5, 5.41) is 4.20. The third kappa shape index (κ3) is 4.65. The van der Waals surface area contributed by atoms with Crippen molar-refractivity contribution >= 4 is 54.9 Å². The van der Waals surface area contributed by atoms with Crippen LogP contribution >= 0.6 is 39.0 Å². The molecule has 4 nitrogen and oxygen atoms in total. The average molecular weight is 398 g/mol. The Labute approximate surface area is 124 Å². The summed E-state index contributed by atoms with van der Waals surface area (Å²) in [5.41, 5.74) is -1.38. The number of alkyl halides is 3. The molecule has 1 heterocycles. The highest BCUT2D eigenvalue weighted by molar-refractivity contribution is 9.10. The SMILES string of the molecule is CSc1c(Br)csc1C(=NOS(C)(=O)=O)C(F)(F)F. The monoisotopic (exact) mass is 397 g/mol. The van der Waals surface area contributed by atoms with Gasteiger partial charge in [0.15, 0.2) is 0 Å². The Kier molecular flexibility index (Phi) is 5.32. The van der Waals surface area contributed by atoms with E-state index in [4.69, 9.17) is 0 Å². The van der Waals surface area contributed by atoms with Crippen molar-refractivity contribution < 1.29 is 25.9 Å². The second kappa shape index (κ2) is 6.02. The van der Waals surface area contributed by atoms with Crippen molar-refractivity contribution in [3.63, 3.8) is 0 Å². The predicted molar refractivity (Wildman–Crippen MR) is 72.3 cm³/mol. The van der Waals surface area contributed by atoms with E-state index in [1.165, 1.54) is 5.38 Å². The molecule has 0 amide bonds. The Bertz CT molecular complexity index is 594. The summed E-state index contributed by atoms with van der Waals surface area (Å²) in [6.45, 7) is 0. The van der Waals surface area contributed by atoms with Crippen LogP contribution in [0.1, 0.15) is 4.88 Å². The lowest BCUT2D eigenvalue weighted by molar-refractivity contribution is -0.0596. The van der Waals surface area contributed by atoms with Crippen LogP contribution in [0.5, 0.6) is 0 Å². The van der Waals surface area contributed by atoms with E-state index in [1.54, 1.807) is 6.26 Å². The van der Waals surface area contributed by atoms with Gasteiger partial charge in [0, 0.05) is 14.7 Å². The van der Waals surface area contributed by atoms with Crippen molar-refractivity contribution in [2.45, 2.75) is 11.1 Å². The van der Waals surface area contributed by atoms with Crippen molar-refractivity contribution in [2.75, 3.05) is 12.5 Å².